The van der Waals surface area contributed by atoms with E-state index in [4.69, 9.17) is 13.0 Å². The van der Waals surface area contributed by atoms with Crippen LogP contribution in [-0.2, 0) is 10.8 Å². The fraction of sp³-hybridized carbons (Fsp3) is 0.129. The highest BCUT2D eigenvalue weighted by Crippen LogP contribution is 2.41. The average molecular weight is 857 g/mol. The normalized spacial score (nSPS) is 14.8. The van der Waals surface area contributed by atoms with Crippen molar-refractivity contribution < 1.29 is 15.7 Å². The highest BCUT2D eigenvalue weighted by atomic mass is 16.5. The van der Waals surface area contributed by atoms with E-state index in [1.807, 2.05) is 18.2 Å². The van der Waals surface area contributed by atoms with E-state index in [9.17, 15) is 2.74 Å². The van der Waals surface area contributed by atoms with Gasteiger partial charge in [-0.05, 0) is 113 Å². The molecule has 0 amide bonds. The molecule has 0 saturated carbocycles. The van der Waals surface area contributed by atoms with Crippen LogP contribution in [0.4, 0.5) is 0 Å². The van der Waals surface area contributed by atoms with Gasteiger partial charge in [-0.15, -0.1) is 0 Å². The number of aromatic nitrogens is 2. The molecule has 0 fully saturated rings. The molecule has 13 rings (SSSR count). The molecule has 0 bridgehead atoms. The lowest BCUT2D eigenvalue weighted by molar-refractivity contribution is 0.487. The first kappa shape index (κ1) is 31.3. The van der Waals surface area contributed by atoms with Crippen LogP contribution in [0.25, 0.3) is 87.7 Å². The lowest BCUT2D eigenvalue weighted by atomic mass is 9.34. The lowest BCUT2D eigenvalue weighted by Gasteiger charge is -2.35. The summed E-state index contributed by atoms with van der Waals surface area (Å²) >= 11 is 0. The van der Waals surface area contributed by atoms with E-state index in [2.05, 4.69) is 167 Å². The highest BCUT2D eigenvalue weighted by molar-refractivity contribution is 6.99. The molecule has 66 heavy (non-hydrogen) atoms. The van der Waals surface area contributed by atoms with Crippen LogP contribution in [0.2, 0.25) is 0 Å². The molecule has 0 saturated heterocycles. The number of fused-ring (bicyclic) bond motifs is 15. The number of hydrogen-bond acceptors (Lipinski definition) is 1. The Morgan fingerprint density at radius 3 is 1.64 bits per heavy atom. The Balaban J connectivity index is 1.17. The van der Waals surface area contributed by atoms with Crippen molar-refractivity contribution in [1.29, 1.82) is 0 Å². The van der Waals surface area contributed by atoms with Gasteiger partial charge in [0.25, 0.3) is 6.71 Å². The molecule has 2 aliphatic rings. The predicted octanol–water partition coefficient (Wildman–Crippen LogP) is 14.5. The third-order valence-corrected chi connectivity index (χ3v) is 14.0. The van der Waals surface area contributed by atoms with Gasteiger partial charge in [0.1, 0.15) is 11.5 Å². The molecule has 0 aliphatic carbocycles. The summed E-state index contributed by atoms with van der Waals surface area (Å²) in [6, 6.07) is 46.5. The van der Waals surface area contributed by atoms with Crippen molar-refractivity contribution in [1.82, 2.24) is 9.13 Å². The Hall–Kier alpha value is -7.56. The van der Waals surface area contributed by atoms with Crippen LogP contribution in [0.5, 0.6) is 11.5 Å². The van der Waals surface area contributed by atoms with E-state index in [0.717, 1.165) is 76.6 Å². The molecule has 9 aromatic carbocycles. The second kappa shape index (κ2) is 14.0. The van der Waals surface area contributed by atoms with E-state index >= 15 is 0 Å². The second-order valence-electron chi connectivity index (χ2n) is 19.9. The van der Waals surface area contributed by atoms with Gasteiger partial charge in [0, 0.05) is 39.0 Å². The molecule has 3 nitrogen and oxygen atoms in total. The number of benzene rings is 9. The van der Waals surface area contributed by atoms with Crippen LogP contribution in [0.15, 0.2) is 188 Å². The van der Waals surface area contributed by atoms with Gasteiger partial charge in [-0.25, -0.2) is 0 Å². The Labute approximate surface area is 397 Å². The second-order valence-corrected chi connectivity index (χ2v) is 19.9. The van der Waals surface area contributed by atoms with Crippen molar-refractivity contribution in [2.24, 2.45) is 0 Å². The van der Waals surface area contributed by atoms with E-state index in [-0.39, 0.29) is 63.5 Å². The Kier molecular flexibility index (Phi) is 6.64. The van der Waals surface area contributed by atoms with Crippen molar-refractivity contribution >= 4 is 88.3 Å². The van der Waals surface area contributed by atoms with Gasteiger partial charge in [-0.3, -0.25) is 0 Å². The molecular formula is C62H49BN2O. The molecule has 2 aromatic heterocycles. The summed E-state index contributed by atoms with van der Waals surface area (Å²) in [7, 11) is 0. The van der Waals surface area contributed by atoms with Crippen LogP contribution in [-0.4, -0.2) is 15.8 Å². The molecule has 0 spiro atoms. The van der Waals surface area contributed by atoms with Gasteiger partial charge in [0.05, 0.1) is 33.0 Å². The van der Waals surface area contributed by atoms with Crippen LogP contribution in [0.3, 0.4) is 0 Å². The molecule has 0 N–H and O–H groups in total. The van der Waals surface area contributed by atoms with Gasteiger partial charge < -0.3 is 13.9 Å². The van der Waals surface area contributed by atoms with Crippen molar-refractivity contribution in [3.63, 3.8) is 0 Å². The van der Waals surface area contributed by atoms with Crippen LogP contribution >= 0.6 is 0 Å². The first-order chi connectivity index (χ1) is 35.3. The fourth-order valence-corrected chi connectivity index (χ4v) is 10.7. The summed E-state index contributed by atoms with van der Waals surface area (Å²) in [6.45, 7) is 13.3. The minimum Gasteiger partial charge on any atom is -0.458 e. The zero-order chi connectivity index (χ0) is 51.6. The number of ether oxygens (including phenoxy) is 1. The quantitative estimate of drug-likeness (QED) is 0.159. The Bertz CT molecular complexity index is 4320. The summed E-state index contributed by atoms with van der Waals surface area (Å²) < 4.78 is 82.4. The summed E-state index contributed by atoms with van der Waals surface area (Å²) in [5, 5.41) is 6.65. The molecule has 0 radical (unpaired) electrons. The molecule has 0 atom stereocenters. The number of para-hydroxylation sites is 3. The Morgan fingerprint density at radius 1 is 0.439 bits per heavy atom. The minimum absolute atomic E-state index is 0.0268. The SMILES string of the molecule is [2H]c1c([2H])c([2H])c2c(c1[2H])c1c([2H])c([2H])c([2H])c([2H])c1n2-c1ccc2c(c1)Oc1ccc3c4ccccc4c4ccccc4c4ccccc4n4c3c1B2c1ccc(-c2cc(C(C)(C)C)cc(C(C)(C)C)c2)cc1-4. The van der Waals surface area contributed by atoms with E-state index < -0.39 is 24.2 Å². The van der Waals surface area contributed by atoms with Crippen molar-refractivity contribution in [2.45, 2.75) is 52.4 Å². The third-order valence-electron chi connectivity index (χ3n) is 14.0. The zero-order valence-electron chi connectivity index (χ0n) is 45.7. The first-order valence-corrected chi connectivity index (χ1v) is 22.7. The molecular weight excluding hydrogens is 800 g/mol. The van der Waals surface area contributed by atoms with Gasteiger partial charge in [-0.1, -0.05) is 181 Å². The summed E-state index contributed by atoms with van der Waals surface area (Å²) in [6.07, 6.45) is 0. The summed E-state index contributed by atoms with van der Waals surface area (Å²) in [4.78, 5) is 0. The van der Waals surface area contributed by atoms with Crippen molar-refractivity contribution in [2.75, 3.05) is 0 Å². The lowest BCUT2D eigenvalue weighted by Crippen LogP contribution is -2.58. The van der Waals surface area contributed by atoms with Crippen LogP contribution in [0, 0.1) is 0 Å². The van der Waals surface area contributed by atoms with E-state index in [0.29, 0.717) is 17.2 Å². The van der Waals surface area contributed by atoms with Crippen LogP contribution < -0.4 is 21.1 Å². The summed E-state index contributed by atoms with van der Waals surface area (Å²) in [5.41, 5.74) is 11.1. The molecule has 4 heterocycles. The van der Waals surface area contributed by atoms with Crippen molar-refractivity contribution in [3.8, 4) is 34.0 Å². The smallest absolute Gasteiger partial charge is 0.256 e. The Morgan fingerprint density at radius 2 is 1.00 bits per heavy atom. The molecule has 2 aliphatic heterocycles. The average Bonchev–Trinajstić information content (AvgIpc) is 3.86. The van der Waals surface area contributed by atoms with Gasteiger partial charge in [-0.2, -0.15) is 0 Å². The predicted molar refractivity (Wildman–Crippen MR) is 282 cm³/mol. The van der Waals surface area contributed by atoms with Gasteiger partial charge in [0.15, 0.2) is 0 Å². The van der Waals surface area contributed by atoms with Crippen LogP contribution in [0.1, 0.15) is 63.6 Å². The van der Waals surface area contributed by atoms with Gasteiger partial charge >= 0.3 is 0 Å². The van der Waals surface area contributed by atoms with Gasteiger partial charge in [0.2, 0.25) is 0 Å². The third kappa shape index (κ3) is 5.70. The number of hydrogen-bond donors (Lipinski definition) is 0. The first-order valence-electron chi connectivity index (χ1n) is 26.7. The largest absolute Gasteiger partial charge is 0.458 e. The number of rotatable bonds is 2. The topological polar surface area (TPSA) is 19.1 Å². The molecule has 0 unspecified atom stereocenters. The fourth-order valence-electron chi connectivity index (χ4n) is 10.7. The summed E-state index contributed by atoms with van der Waals surface area (Å²) in [5.74, 6) is 1.17. The zero-order valence-corrected chi connectivity index (χ0v) is 37.7. The maximum absolute atomic E-state index is 9.21. The monoisotopic (exact) mass is 856 g/mol. The molecule has 4 heteroatoms. The standard InChI is InChI=1S/C62H49BN2O/c1-61(2,3)40-33-39(34-41(36-40)62(4,5)6)38-27-30-51-56(35-38)65-55-26-16-11-21-47(55)45-19-9-7-17-43(45)44-18-8-10-20-46(44)50-29-32-57-59(60(50)65)63(51)52-31-28-42(37-58(52)66-57)64-53-24-14-12-22-48(53)49-23-13-15-25-54(49)64/h7-37H,1-6H3/i12D,13D,14D,15D,22D,23D,24D,25D. The highest BCUT2D eigenvalue weighted by Gasteiger charge is 2.40. The van der Waals surface area contributed by atoms with Crippen molar-refractivity contribution in [3.05, 3.63) is 199 Å². The minimum atomic E-state index is -0.483. The maximum Gasteiger partial charge on any atom is 0.256 e. The van der Waals surface area contributed by atoms with E-state index in [1.54, 1.807) is 4.57 Å². The molecule has 11 aromatic rings. The van der Waals surface area contributed by atoms with E-state index in [1.165, 1.54) is 11.1 Å². The molecule has 316 valence electrons. The number of nitrogens with zero attached hydrogens (tertiary/aromatic N) is 2. The maximum atomic E-state index is 9.21.